The van der Waals surface area contributed by atoms with Crippen molar-refractivity contribution in [2.45, 2.75) is 0 Å². The van der Waals surface area contributed by atoms with Crippen LogP contribution in [0.25, 0.3) is 0 Å². The van der Waals surface area contributed by atoms with Crippen LogP contribution in [0.3, 0.4) is 0 Å². The Balaban J connectivity index is 2.34. The van der Waals surface area contributed by atoms with Crippen LogP contribution < -0.4 is 0 Å². The molecule has 0 rings (SSSR count). The third-order valence-electron chi connectivity index (χ3n) is 0.0792. The van der Waals surface area contributed by atoms with Crippen LogP contribution in [-0.4, -0.2) is 0 Å². The molecule has 6 heavy (non-hydrogen) atoms. The Kier molecular flexibility index (Phi) is 5.92. The monoisotopic (exact) mass is 134 g/mol. The van der Waals surface area contributed by atoms with Crippen LogP contribution in [0, 0.1) is 0 Å². The lowest BCUT2D eigenvalue weighted by Gasteiger charge is -1.80. The Morgan fingerprint density at radius 3 is 1.50 bits per heavy atom. The molecular formula is F2O2S2. The summed E-state index contributed by atoms with van der Waals surface area (Å²) in [5.41, 5.74) is 0. The molecule has 2 nitrogen and oxygen atoms in total. The van der Waals surface area contributed by atoms with Crippen molar-refractivity contribution < 1.29 is 16.4 Å². The fourth-order valence-electron chi connectivity index (χ4n) is 0.0210. The lowest BCUT2D eigenvalue weighted by molar-refractivity contribution is -0.0618. The molecule has 0 aromatic heterocycles. The molecule has 0 aliphatic heterocycles. The van der Waals surface area contributed by atoms with E-state index in [2.05, 4.69) is 8.67 Å². The number of hydrogen-bond acceptors (Lipinski definition) is 4. The van der Waals surface area contributed by atoms with Gasteiger partial charge in [0.2, 0.25) is 24.9 Å². The van der Waals surface area contributed by atoms with Gasteiger partial charge in [-0.05, 0) is 0 Å². The molecule has 0 unspecified atom stereocenters. The van der Waals surface area contributed by atoms with E-state index in [9.17, 15) is 7.77 Å². The first-order valence-corrected chi connectivity index (χ1v) is 2.09. The van der Waals surface area contributed by atoms with Crippen molar-refractivity contribution in [1.29, 1.82) is 0 Å². The Labute approximate surface area is 42.1 Å². The highest BCUT2D eigenvalue weighted by molar-refractivity contribution is 7.91. The molecule has 0 aromatic rings. The molecule has 0 fully saturated rings. The quantitative estimate of drug-likeness (QED) is 0.254. The van der Waals surface area contributed by atoms with Crippen molar-refractivity contribution in [3.05, 3.63) is 0 Å². The average molecular weight is 134 g/mol. The maximum atomic E-state index is 10.6. The second-order valence-corrected chi connectivity index (χ2v) is 0.786. The third-order valence-corrected chi connectivity index (χ3v) is 0.404. The van der Waals surface area contributed by atoms with E-state index >= 15 is 0 Å². The Morgan fingerprint density at radius 2 is 1.33 bits per heavy atom. The van der Waals surface area contributed by atoms with Crippen molar-refractivity contribution >= 4 is 24.9 Å². The van der Waals surface area contributed by atoms with E-state index in [1.165, 1.54) is 0 Å². The SMILES string of the molecule is FSOOSF. The summed E-state index contributed by atoms with van der Waals surface area (Å²) in [6, 6.07) is 0. The molecule has 0 spiro atoms. The molecule has 0 aliphatic rings. The smallest absolute Gasteiger partial charge is 0.130 e. The zero-order valence-electron chi connectivity index (χ0n) is 2.39. The highest BCUT2D eigenvalue weighted by Crippen LogP contribution is 2.10. The molecular weight excluding hydrogens is 134 g/mol. The van der Waals surface area contributed by atoms with Crippen LogP contribution in [-0.2, 0) is 8.67 Å². The van der Waals surface area contributed by atoms with Gasteiger partial charge in [-0.2, -0.15) is 0 Å². The summed E-state index contributed by atoms with van der Waals surface area (Å²) < 4.78 is 27.8. The van der Waals surface area contributed by atoms with Gasteiger partial charge in [-0.3, -0.25) is 0 Å². The molecule has 0 N–H and O–H groups in total. The fraction of sp³-hybridized carbons (Fsp3) is 0. The van der Waals surface area contributed by atoms with Gasteiger partial charge in [0.1, 0.15) is 0 Å². The zero-order chi connectivity index (χ0) is 4.83. The molecule has 0 saturated heterocycles. The Hall–Kier alpha value is 0.480. The molecule has 0 radical (unpaired) electrons. The minimum absolute atomic E-state index is 0.557. The largest absolute Gasteiger partial charge is 0.243 e. The molecule has 0 saturated carbocycles. The number of rotatable bonds is 3. The molecule has 0 atom stereocenters. The van der Waals surface area contributed by atoms with Crippen molar-refractivity contribution in [3.63, 3.8) is 0 Å². The van der Waals surface area contributed by atoms with E-state index in [1.54, 1.807) is 0 Å². The van der Waals surface area contributed by atoms with Gasteiger partial charge in [0.15, 0.2) is 0 Å². The van der Waals surface area contributed by atoms with Gasteiger partial charge in [0.05, 0.1) is 0 Å². The summed E-state index contributed by atoms with van der Waals surface area (Å²) >= 11 is -1.11. The van der Waals surface area contributed by atoms with Crippen LogP contribution >= 0.6 is 24.9 Å². The van der Waals surface area contributed by atoms with Gasteiger partial charge < -0.3 is 0 Å². The van der Waals surface area contributed by atoms with Crippen molar-refractivity contribution in [3.8, 4) is 0 Å². The number of halogens is 2. The molecule has 0 heterocycles. The van der Waals surface area contributed by atoms with E-state index in [0.29, 0.717) is 0 Å². The van der Waals surface area contributed by atoms with E-state index in [4.69, 9.17) is 0 Å². The average Bonchev–Trinajstić information content (AvgIpc) is 1.61. The molecule has 38 valence electrons. The maximum Gasteiger partial charge on any atom is 0.243 e. The van der Waals surface area contributed by atoms with Gasteiger partial charge in [-0.15, -0.1) is 16.4 Å². The summed E-state index contributed by atoms with van der Waals surface area (Å²) in [5.74, 6) is 0. The van der Waals surface area contributed by atoms with Crippen molar-refractivity contribution in [1.82, 2.24) is 0 Å². The summed E-state index contributed by atoms with van der Waals surface area (Å²) in [7, 11) is 0. The zero-order valence-corrected chi connectivity index (χ0v) is 4.02. The lowest BCUT2D eigenvalue weighted by atomic mass is 14.9. The number of hydrogen-bond donors (Lipinski definition) is 0. The second-order valence-electron chi connectivity index (χ2n) is 0.262. The fourth-order valence-corrected chi connectivity index (χ4v) is 0.189. The van der Waals surface area contributed by atoms with Crippen molar-refractivity contribution in [2.75, 3.05) is 0 Å². The van der Waals surface area contributed by atoms with Gasteiger partial charge in [0.25, 0.3) is 0 Å². The summed E-state index contributed by atoms with van der Waals surface area (Å²) in [6.07, 6.45) is 0. The predicted molar refractivity (Wildman–Crippen MR) is 19.6 cm³/mol. The van der Waals surface area contributed by atoms with Crippen LogP contribution in [0.15, 0.2) is 0 Å². The van der Waals surface area contributed by atoms with Gasteiger partial charge >= 0.3 is 0 Å². The first-order chi connectivity index (χ1) is 2.91. The summed E-state index contributed by atoms with van der Waals surface area (Å²) in [4.78, 5) is 0. The Morgan fingerprint density at radius 1 is 1.00 bits per heavy atom. The van der Waals surface area contributed by atoms with Gasteiger partial charge in [0, 0.05) is 0 Å². The molecule has 6 heteroatoms. The van der Waals surface area contributed by atoms with Crippen LogP contribution in [0.1, 0.15) is 0 Å². The topological polar surface area (TPSA) is 18.5 Å². The molecule has 0 amide bonds. The first kappa shape index (κ1) is 6.48. The molecule has 0 aromatic carbocycles. The third kappa shape index (κ3) is 4.48. The van der Waals surface area contributed by atoms with Crippen LogP contribution in [0.4, 0.5) is 7.77 Å². The van der Waals surface area contributed by atoms with E-state index in [0.717, 1.165) is 0 Å². The highest BCUT2D eigenvalue weighted by atomic mass is 32.2. The first-order valence-electron chi connectivity index (χ1n) is 0.809. The molecule has 0 bridgehead atoms. The minimum Gasteiger partial charge on any atom is -0.130 e. The highest BCUT2D eigenvalue weighted by Gasteiger charge is 1.83. The molecule has 0 aliphatic carbocycles. The van der Waals surface area contributed by atoms with Crippen LogP contribution in [0.2, 0.25) is 0 Å². The van der Waals surface area contributed by atoms with E-state index in [-0.39, 0.29) is 0 Å². The van der Waals surface area contributed by atoms with Gasteiger partial charge in [-0.25, -0.2) is 0 Å². The normalized spacial score (nSPS) is 9.00. The predicted octanol–water partition coefficient (Wildman–Crippen LogP) is 2.00. The van der Waals surface area contributed by atoms with Crippen molar-refractivity contribution in [2.24, 2.45) is 0 Å². The summed E-state index contributed by atoms with van der Waals surface area (Å²) in [5, 5.41) is 0. The summed E-state index contributed by atoms with van der Waals surface area (Å²) in [6.45, 7) is 0. The lowest BCUT2D eigenvalue weighted by Crippen LogP contribution is -1.63. The van der Waals surface area contributed by atoms with Gasteiger partial charge in [-0.1, -0.05) is 0 Å². The minimum atomic E-state index is -0.557. The van der Waals surface area contributed by atoms with Crippen LogP contribution in [0.5, 0.6) is 0 Å². The Bertz CT molecular complexity index is 21.5. The second kappa shape index (κ2) is 5.48. The van der Waals surface area contributed by atoms with E-state index in [1.807, 2.05) is 0 Å². The standard InChI is InChI=1S/F2O2S2/c1-5-3-4-6-2. The maximum absolute atomic E-state index is 10.6. The van der Waals surface area contributed by atoms with E-state index < -0.39 is 24.9 Å².